The van der Waals surface area contributed by atoms with Crippen molar-refractivity contribution in [3.8, 4) is 0 Å². The van der Waals surface area contributed by atoms with Crippen LogP contribution in [0, 0.1) is 0 Å². The highest BCUT2D eigenvalue weighted by Gasteiger charge is 2.29. The van der Waals surface area contributed by atoms with Gasteiger partial charge in [-0.25, -0.2) is 0 Å². The van der Waals surface area contributed by atoms with Crippen LogP contribution in [-0.4, -0.2) is 35.0 Å². The van der Waals surface area contributed by atoms with Crippen molar-refractivity contribution >= 4 is 18.2 Å². The molecule has 0 saturated heterocycles. The zero-order chi connectivity index (χ0) is 13.0. The van der Waals surface area contributed by atoms with Gasteiger partial charge in [-0.15, -0.1) is 19.0 Å². The summed E-state index contributed by atoms with van der Waals surface area (Å²) in [5.74, 6) is 1.03. The number of hydrogen-bond donors (Lipinski definition) is 1. The lowest BCUT2D eigenvalue weighted by atomic mass is 10.0. The Balaban J connectivity index is 0.00000180. The van der Waals surface area contributed by atoms with E-state index in [1.807, 2.05) is 31.2 Å². The van der Waals surface area contributed by atoms with Crippen molar-refractivity contribution in [3.05, 3.63) is 48.6 Å². The molecule has 1 heterocycles. The predicted molar refractivity (Wildman–Crippen MR) is 81.9 cm³/mol. The van der Waals surface area contributed by atoms with E-state index in [0.29, 0.717) is 0 Å². The molecule has 0 radical (unpaired) electrons. The fourth-order valence-corrected chi connectivity index (χ4v) is 2.49. The van der Waals surface area contributed by atoms with Gasteiger partial charge in [0.2, 0.25) is 0 Å². The summed E-state index contributed by atoms with van der Waals surface area (Å²) in [4.78, 5) is 6.69. The fraction of sp³-hybridized carbons (Fsp3) is 0.400. The van der Waals surface area contributed by atoms with Gasteiger partial charge >= 0.3 is 0 Å². The maximum absolute atomic E-state index is 10.1. The standard InChI is InChI=1S/C15H20N2O.ClH/c1-3-7-14-16-10-11-17(14)15(12(2)18)13-8-5-4-6-9-13;/h3-6,8-9,12,15,18H,1,7,10-11H2,2H3;1H. The molecule has 1 aliphatic heterocycles. The van der Waals surface area contributed by atoms with E-state index in [2.05, 4.69) is 28.6 Å². The maximum atomic E-state index is 10.1. The number of halogens is 1. The molecule has 2 rings (SSSR count). The molecule has 1 aliphatic rings. The molecule has 0 saturated carbocycles. The number of rotatable bonds is 5. The van der Waals surface area contributed by atoms with Gasteiger partial charge < -0.3 is 10.0 Å². The van der Waals surface area contributed by atoms with Crippen LogP contribution >= 0.6 is 12.4 Å². The normalized spacial score (nSPS) is 17.4. The van der Waals surface area contributed by atoms with Gasteiger partial charge in [-0.2, -0.15) is 0 Å². The number of nitrogens with zero attached hydrogens (tertiary/aromatic N) is 2. The number of benzene rings is 1. The summed E-state index contributed by atoms with van der Waals surface area (Å²) in [7, 11) is 0. The molecule has 2 unspecified atom stereocenters. The average molecular weight is 281 g/mol. The van der Waals surface area contributed by atoms with Gasteiger partial charge in [0.25, 0.3) is 0 Å². The Morgan fingerprint density at radius 1 is 1.42 bits per heavy atom. The molecule has 0 amide bonds. The minimum Gasteiger partial charge on any atom is -0.391 e. The van der Waals surface area contributed by atoms with Gasteiger partial charge in [-0.05, 0) is 12.5 Å². The second-order valence-electron chi connectivity index (χ2n) is 4.58. The summed E-state index contributed by atoms with van der Waals surface area (Å²) in [5.41, 5.74) is 1.13. The first-order chi connectivity index (χ1) is 8.74. The van der Waals surface area contributed by atoms with E-state index < -0.39 is 6.10 Å². The molecule has 1 N–H and O–H groups in total. The van der Waals surface area contributed by atoms with Crippen molar-refractivity contribution in [1.29, 1.82) is 0 Å². The minimum absolute atomic E-state index is 0. The lowest BCUT2D eigenvalue weighted by Crippen LogP contribution is -2.37. The molecule has 0 bridgehead atoms. The van der Waals surface area contributed by atoms with Gasteiger partial charge in [0.15, 0.2) is 0 Å². The van der Waals surface area contributed by atoms with Crippen molar-refractivity contribution in [2.24, 2.45) is 4.99 Å². The number of aliphatic hydroxyl groups is 1. The first-order valence-corrected chi connectivity index (χ1v) is 6.38. The smallest absolute Gasteiger partial charge is 0.103 e. The van der Waals surface area contributed by atoms with Crippen LogP contribution in [-0.2, 0) is 0 Å². The Morgan fingerprint density at radius 2 is 2.11 bits per heavy atom. The first kappa shape index (κ1) is 15.7. The molecule has 0 aliphatic carbocycles. The molecule has 0 fully saturated rings. The molecule has 19 heavy (non-hydrogen) atoms. The molecule has 1 aromatic rings. The quantitative estimate of drug-likeness (QED) is 0.842. The summed E-state index contributed by atoms with van der Waals surface area (Å²) in [5, 5.41) is 10.1. The summed E-state index contributed by atoms with van der Waals surface area (Å²) >= 11 is 0. The number of amidine groups is 1. The van der Waals surface area contributed by atoms with Crippen molar-refractivity contribution < 1.29 is 5.11 Å². The second kappa shape index (κ2) is 7.31. The third-order valence-electron chi connectivity index (χ3n) is 3.23. The van der Waals surface area contributed by atoms with E-state index in [1.54, 1.807) is 0 Å². The summed E-state index contributed by atoms with van der Waals surface area (Å²) in [6.07, 6.45) is 2.19. The van der Waals surface area contributed by atoms with E-state index in [4.69, 9.17) is 0 Å². The molecule has 3 nitrogen and oxygen atoms in total. The Morgan fingerprint density at radius 3 is 2.68 bits per heavy atom. The summed E-state index contributed by atoms with van der Waals surface area (Å²) < 4.78 is 0. The van der Waals surface area contributed by atoms with Crippen LogP contribution in [0.5, 0.6) is 0 Å². The highest BCUT2D eigenvalue weighted by molar-refractivity contribution is 5.85. The highest BCUT2D eigenvalue weighted by Crippen LogP contribution is 2.27. The fourth-order valence-electron chi connectivity index (χ4n) is 2.49. The van der Waals surface area contributed by atoms with Gasteiger partial charge in [0, 0.05) is 13.0 Å². The van der Waals surface area contributed by atoms with Crippen LogP contribution in [0.3, 0.4) is 0 Å². The van der Waals surface area contributed by atoms with Crippen LogP contribution in [0.1, 0.15) is 24.9 Å². The third-order valence-corrected chi connectivity index (χ3v) is 3.23. The molecule has 4 heteroatoms. The van der Waals surface area contributed by atoms with E-state index in [0.717, 1.165) is 30.9 Å². The lowest BCUT2D eigenvalue weighted by Gasteiger charge is -2.33. The van der Waals surface area contributed by atoms with Gasteiger partial charge in [-0.3, -0.25) is 4.99 Å². The SMILES string of the molecule is C=CCC1=NCCN1C(c1ccccc1)C(C)O.Cl. The van der Waals surface area contributed by atoms with Crippen molar-refractivity contribution in [2.45, 2.75) is 25.5 Å². The Labute approximate surface area is 121 Å². The topological polar surface area (TPSA) is 35.8 Å². The van der Waals surface area contributed by atoms with E-state index >= 15 is 0 Å². The maximum Gasteiger partial charge on any atom is 0.103 e. The number of aliphatic hydroxyl groups excluding tert-OH is 1. The van der Waals surface area contributed by atoms with E-state index in [-0.39, 0.29) is 18.4 Å². The Hall–Kier alpha value is -1.32. The number of aliphatic imine (C=N–C) groups is 1. The Kier molecular flexibility index (Phi) is 6.06. The highest BCUT2D eigenvalue weighted by atomic mass is 35.5. The third kappa shape index (κ3) is 3.58. The first-order valence-electron chi connectivity index (χ1n) is 6.38. The molecular weight excluding hydrogens is 260 g/mol. The molecular formula is C15H21ClN2O. The van der Waals surface area contributed by atoms with Crippen LogP contribution in [0.15, 0.2) is 48.0 Å². The van der Waals surface area contributed by atoms with Crippen molar-refractivity contribution in [1.82, 2.24) is 4.90 Å². The van der Waals surface area contributed by atoms with Crippen LogP contribution in [0.2, 0.25) is 0 Å². The summed E-state index contributed by atoms with van der Waals surface area (Å²) in [6, 6.07) is 10.1. The lowest BCUT2D eigenvalue weighted by molar-refractivity contribution is 0.103. The van der Waals surface area contributed by atoms with Crippen LogP contribution < -0.4 is 0 Å². The molecule has 2 atom stereocenters. The Bertz CT molecular complexity index is 431. The molecule has 1 aromatic carbocycles. The molecule has 0 spiro atoms. The molecule has 0 aromatic heterocycles. The average Bonchev–Trinajstić information content (AvgIpc) is 2.79. The zero-order valence-electron chi connectivity index (χ0n) is 11.2. The monoisotopic (exact) mass is 280 g/mol. The van der Waals surface area contributed by atoms with Crippen molar-refractivity contribution in [3.63, 3.8) is 0 Å². The van der Waals surface area contributed by atoms with Crippen molar-refractivity contribution in [2.75, 3.05) is 13.1 Å². The van der Waals surface area contributed by atoms with E-state index in [1.165, 1.54) is 0 Å². The van der Waals surface area contributed by atoms with Crippen LogP contribution in [0.4, 0.5) is 0 Å². The van der Waals surface area contributed by atoms with Crippen LogP contribution in [0.25, 0.3) is 0 Å². The summed E-state index contributed by atoms with van der Waals surface area (Å²) in [6.45, 7) is 7.27. The molecule has 104 valence electrons. The zero-order valence-corrected chi connectivity index (χ0v) is 12.0. The van der Waals surface area contributed by atoms with Gasteiger partial charge in [0.05, 0.1) is 18.7 Å². The van der Waals surface area contributed by atoms with Gasteiger partial charge in [0.1, 0.15) is 5.84 Å². The minimum atomic E-state index is -0.430. The second-order valence-corrected chi connectivity index (χ2v) is 4.58. The predicted octanol–water partition coefficient (Wildman–Crippen LogP) is 2.82. The van der Waals surface area contributed by atoms with Gasteiger partial charge in [-0.1, -0.05) is 36.4 Å². The van der Waals surface area contributed by atoms with E-state index in [9.17, 15) is 5.11 Å². The largest absolute Gasteiger partial charge is 0.391 e. The number of hydrogen-bond acceptors (Lipinski definition) is 3.